The lowest BCUT2D eigenvalue weighted by atomic mass is 10.1. The summed E-state index contributed by atoms with van der Waals surface area (Å²) < 4.78 is 44.8. The first kappa shape index (κ1) is 20.7. The summed E-state index contributed by atoms with van der Waals surface area (Å²) in [5, 5.41) is 21.0. The number of carbonyl (C=O) groups excluding carboxylic acids is 1. The minimum atomic E-state index is -3.84. The highest BCUT2D eigenvalue weighted by atomic mass is 79.9. The van der Waals surface area contributed by atoms with Crippen LogP contribution in [0.5, 0.6) is 11.5 Å². The summed E-state index contributed by atoms with van der Waals surface area (Å²) in [4.78, 5) is 28.5. The van der Waals surface area contributed by atoms with Gasteiger partial charge in [0.2, 0.25) is 13.0 Å². The Labute approximate surface area is 175 Å². The Morgan fingerprint density at radius 1 is 1.37 bits per heavy atom. The van der Waals surface area contributed by atoms with Crippen molar-refractivity contribution in [1.29, 1.82) is 0 Å². The van der Waals surface area contributed by atoms with E-state index in [4.69, 9.17) is 19.3 Å². The molecule has 0 unspecified atom stereocenters. The van der Waals surface area contributed by atoms with Gasteiger partial charge < -0.3 is 29.7 Å². The number of alkyl halides is 2. The van der Waals surface area contributed by atoms with Crippen LogP contribution in [0.25, 0.3) is 0 Å². The van der Waals surface area contributed by atoms with E-state index in [1.807, 2.05) is 0 Å². The van der Waals surface area contributed by atoms with E-state index < -0.39 is 42.6 Å². The molecule has 1 saturated heterocycles. The minimum Gasteiger partial charge on any atom is -0.454 e. The van der Waals surface area contributed by atoms with Gasteiger partial charge >= 0.3 is 11.6 Å². The third kappa shape index (κ3) is 3.33. The molecule has 1 aromatic heterocycles. The second-order valence-corrected chi connectivity index (χ2v) is 7.30. The van der Waals surface area contributed by atoms with Crippen LogP contribution >= 0.6 is 15.9 Å². The van der Waals surface area contributed by atoms with Gasteiger partial charge in [0.05, 0.1) is 12.2 Å². The van der Waals surface area contributed by atoms with Crippen molar-refractivity contribution in [3.8, 4) is 11.5 Å². The third-order valence-corrected chi connectivity index (χ3v) is 5.26. The normalized spacial score (nSPS) is 24.1. The molecule has 0 spiro atoms. The average molecular weight is 490 g/mol. The number of aliphatic hydroxyl groups excluding tert-OH is 2. The molecule has 0 saturated carbocycles. The van der Waals surface area contributed by atoms with Gasteiger partial charge in [-0.05, 0) is 34.1 Å². The highest BCUT2D eigenvalue weighted by Gasteiger charge is 2.59. The van der Waals surface area contributed by atoms with Gasteiger partial charge in [0, 0.05) is 10.7 Å². The predicted molar refractivity (Wildman–Crippen MR) is 98.7 cm³/mol. The Morgan fingerprint density at radius 2 is 2.13 bits per heavy atom. The summed E-state index contributed by atoms with van der Waals surface area (Å²) in [6.45, 7) is -0.914. The maximum atomic E-state index is 14.2. The standard InChI is InChI=1S/C17H14BrF2N3O7/c18-7-1-2-8-12(29-6-28-8)11(7)14(26)21-10-3-4-23(16(27)22-10)15-17(19,20)13(25)9(5-24)30-15/h1-4,9,13,15,24-25H,5-6H2,(H,21,22,26,27)/t9-,13-,15-/m1/s1. The molecule has 3 heterocycles. The summed E-state index contributed by atoms with van der Waals surface area (Å²) in [6.07, 6.45) is -5.07. The second-order valence-electron chi connectivity index (χ2n) is 6.44. The molecule has 0 aliphatic carbocycles. The maximum absolute atomic E-state index is 14.2. The van der Waals surface area contributed by atoms with Crippen molar-refractivity contribution in [2.45, 2.75) is 24.4 Å². The van der Waals surface area contributed by atoms with Crippen LogP contribution in [-0.4, -0.2) is 57.2 Å². The van der Waals surface area contributed by atoms with E-state index in [0.29, 0.717) is 14.8 Å². The maximum Gasteiger partial charge on any atom is 0.351 e. The van der Waals surface area contributed by atoms with E-state index in [1.165, 1.54) is 0 Å². The number of rotatable bonds is 4. The van der Waals surface area contributed by atoms with E-state index in [1.54, 1.807) is 12.1 Å². The highest BCUT2D eigenvalue weighted by Crippen LogP contribution is 2.42. The first-order valence-electron chi connectivity index (χ1n) is 8.55. The van der Waals surface area contributed by atoms with Crippen LogP contribution < -0.4 is 20.5 Å². The smallest absolute Gasteiger partial charge is 0.351 e. The van der Waals surface area contributed by atoms with Crippen molar-refractivity contribution in [2.24, 2.45) is 0 Å². The zero-order valence-electron chi connectivity index (χ0n) is 14.9. The number of anilines is 1. The monoisotopic (exact) mass is 489 g/mol. The topological polar surface area (TPSA) is 132 Å². The Kier molecular flexibility index (Phi) is 5.22. The van der Waals surface area contributed by atoms with Crippen molar-refractivity contribution >= 4 is 27.7 Å². The predicted octanol–water partition coefficient (Wildman–Crippen LogP) is 0.873. The lowest BCUT2D eigenvalue weighted by Gasteiger charge is -2.21. The van der Waals surface area contributed by atoms with Crippen LogP contribution in [0.1, 0.15) is 16.6 Å². The van der Waals surface area contributed by atoms with Gasteiger partial charge in [-0.2, -0.15) is 13.8 Å². The molecule has 2 aliphatic rings. The van der Waals surface area contributed by atoms with Gasteiger partial charge in [0.15, 0.2) is 17.6 Å². The Balaban J connectivity index is 1.59. The number of aliphatic hydroxyl groups is 2. The minimum absolute atomic E-state index is 0.0589. The van der Waals surface area contributed by atoms with E-state index >= 15 is 0 Å². The number of halogens is 3. The lowest BCUT2D eigenvalue weighted by Crippen LogP contribution is -2.41. The van der Waals surface area contributed by atoms with Crippen molar-refractivity contribution in [3.63, 3.8) is 0 Å². The lowest BCUT2D eigenvalue weighted by molar-refractivity contribution is -0.140. The molecule has 0 bridgehead atoms. The number of nitrogens with zero attached hydrogens (tertiary/aromatic N) is 2. The molecule has 2 aromatic rings. The second kappa shape index (κ2) is 7.58. The summed E-state index contributed by atoms with van der Waals surface area (Å²) in [6, 6.07) is 4.31. The van der Waals surface area contributed by atoms with Gasteiger partial charge in [0.1, 0.15) is 11.9 Å². The molecule has 2 aliphatic heterocycles. The molecule has 30 heavy (non-hydrogen) atoms. The van der Waals surface area contributed by atoms with E-state index in [0.717, 1.165) is 12.3 Å². The van der Waals surface area contributed by atoms with Gasteiger partial charge in [-0.3, -0.25) is 9.36 Å². The fourth-order valence-electron chi connectivity index (χ4n) is 3.12. The average Bonchev–Trinajstić information content (AvgIpc) is 3.25. The molecular formula is C17H14BrF2N3O7. The number of ether oxygens (including phenoxy) is 3. The molecule has 4 rings (SSSR count). The molecule has 3 atom stereocenters. The number of hydrogen-bond donors (Lipinski definition) is 3. The number of fused-ring (bicyclic) bond motifs is 1. The van der Waals surface area contributed by atoms with Crippen LogP contribution in [0.2, 0.25) is 0 Å². The fourth-order valence-corrected chi connectivity index (χ4v) is 3.61. The number of hydrogen-bond acceptors (Lipinski definition) is 8. The van der Waals surface area contributed by atoms with Crippen molar-refractivity contribution in [3.05, 3.63) is 44.9 Å². The zero-order chi connectivity index (χ0) is 21.6. The summed E-state index contributed by atoms with van der Waals surface area (Å²) in [7, 11) is 0. The van der Waals surface area contributed by atoms with Crippen LogP contribution in [0.3, 0.4) is 0 Å². The Bertz CT molecular complexity index is 1060. The fraction of sp³-hybridized carbons (Fsp3) is 0.353. The molecule has 1 amide bonds. The SMILES string of the molecule is O=C(Nc1ccn([C@@H]2O[C@H](CO)[C@@H](O)C2(F)F)c(=O)n1)c1c(Br)ccc2c1OCO2. The molecule has 3 N–H and O–H groups in total. The van der Waals surface area contributed by atoms with E-state index in [2.05, 4.69) is 26.2 Å². The van der Waals surface area contributed by atoms with Crippen molar-refractivity contribution < 1.29 is 38.0 Å². The molecule has 0 radical (unpaired) electrons. The van der Waals surface area contributed by atoms with Crippen LogP contribution in [0, 0.1) is 0 Å². The molecule has 1 aromatic carbocycles. The first-order chi connectivity index (χ1) is 14.2. The number of amides is 1. The van der Waals surface area contributed by atoms with Crippen molar-refractivity contribution in [1.82, 2.24) is 9.55 Å². The van der Waals surface area contributed by atoms with Gasteiger partial charge in [0.25, 0.3) is 5.91 Å². The highest BCUT2D eigenvalue weighted by molar-refractivity contribution is 9.10. The van der Waals surface area contributed by atoms with Gasteiger partial charge in [-0.25, -0.2) is 4.79 Å². The summed E-state index contributed by atoms with van der Waals surface area (Å²) in [5.74, 6) is -4.14. The van der Waals surface area contributed by atoms with Crippen LogP contribution in [-0.2, 0) is 4.74 Å². The molecule has 13 heteroatoms. The number of benzene rings is 1. The quantitative estimate of drug-likeness (QED) is 0.576. The van der Waals surface area contributed by atoms with Crippen LogP contribution in [0.15, 0.2) is 33.7 Å². The zero-order valence-corrected chi connectivity index (χ0v) is 16.5. The van der Waals surface area contributed by atoms with Gasteiger partial charge in [-0.15, -0.1) is 0 Å². The Morgan fingerprint density at radius 3 is 2.80 bits per heavy atom. The summed E-state index contributed by atoms with van der Waals surface area (Å²) >= 11 is 3.24. The number of aromatic nitrogens is 2. The molecule has 1 fully saturated rings. The number of carbonyl (C=O) groups is 1. The Hall–Kier alpha value is -2.61. The largest absolute Gasteiger partial charge is 0.454 e. The van der Waals surface area contributed by atoms with Gasteiger partial charge in [-0.1, -0.05) is 0 Å². The summed E-state index contributed by atoms with van der Waals surface area (Å²) in [5.41, 5.74) is -1.05. The van der Waals surface area contributed by atoms with E-state index in [-0.39, 0.29) is 23.9 Å². The molecule has 10 nitrogen and oxygen atoms in total. The molecular weight excluding hydrogens is 476 g/mol. The first-order valence-corrected chi connectivity index (χ1v) is 9.34. The van der Waals surface area contributed by atoms with Crippen LogP contribution in [0.4, 0.5) is 14.6 Å². The number of nitrogens with one attached hydrogen (secondary N) is 1. The molecule has 160 valence electrons. The van der Waals surface area contributed by atoms with E-state index in [9.17, 15) is 23.5 Å². The van der Waals surface area contributed by atoms with Crippen molar-refractivity contribution in [2.75, 3.05) is 18.7 Å². The third-order valence-electron chi connectivity index (χ3n) is 4.60.